The number of nitrogens with zero attached hydrogens (tertiary/aromatic N) is 3. The smallest absolute Gasteiger partial charge is 0.277 e. The van der Waals surface area contributed by atoms with Gasteiger partial charge in [-0.05, 0) is 48.0 Å². The van der Waals surface area contributed by atoms with Gasteiger partial charge < -0.3 is 9.84 Å². The highest BCUT2D eigenvalue weighted by Crippen LogP contribution is 2.26. The minimum Gasteiger partial charge on any atom is -0.497 e. The normalized spacial score (nSPS) is 14.4. The molecule has 1 aliphatic heterocycles. The van der Waals surface area contributed by atoms with Crippen molar-refractivity contribution in [2.75, 3.05) is 7.11 Å². The number of thiazole rings is 1. The van der Waals surface area contributed by atoms with Gasteiger partial charge in [-0.15, -0.1) is 0 Å². The molecule has 5 rings (SSSR count). The first kappa shape index (κ1) is 21.6. The molecule has 1 aliphatic rings. The number of aromatic hydroxyl groups is 1. The van der Waals surface area contributed by atoms with Crippen LogP contribution in [0.3, 0.4) is 0 Å². The van der Waals surface area contributed by atoms with Gasteiger partial charge in [0.1, 0.15) is 5.75 Å². The van der Waals surface area contributed by atoms with Gasteiger partial charge in [0.2, 0.25) is 5.88 Å². The number of fused-ring (bicyclic) bond motifs is 1. The molecule has 1 N–H and O–H groups in total. The second-order valence-corrected chi connectivity index (χ2v) is 8.69. The van der Waals surface area contributed by atoms with E-state index >= 15 is 0 Å². The summed E-state index contributed by atoms with van der Waals surface area (Å²) in [6.45, 7) is 0.445. The van der Waals surface area contributed by atoms with Crippen LogP contribution in [0.5, 0.6) is 11.6 Å². The molecule has 0 saturated heterocycles. The maximum atomic E-state index is 12.7. The minimum atomic E-state index is -0.360. The van der Waals surface area contributed by atoms with Gasteiger partial charge in [-0.1, -0.05) is 59.9 Å². The topological polar surface area (TPSA) is 76.2 Å². The quantitative estimate of drug-likeness (QED) is 0.456. The molecule has 1 amide bonds. The van der Waals surface area contributed by atoms with E-state index in [9.17, 15) is 9.90 Å². The molecule has 0 fully saturated rings. The van der Waals surface area contributed by atoms with E-state index in [1.807, 2.05) is 66.7 Å². The lowest BCUT2D eigenvalue weighted by Crippen LogP contribution is -2.30. The Morgan fingerprint density at radius 1 is 1.06 bits per heavy atom. The largest absolute Gasteiger partial charge is 0.497 e. The summed E-state index contributed by atoms with van der Waals surface area (Å²) in [5.74, 6) is 0.373. The van der Waals surface area contributed by atoms with E-state index in [4.69, 9.17) is 9.73 Å². The maximum absolute atomic E-state index is 12.7. The Bertz CT molecular complexity index is 1580. The highest BCUT2D eigenvalue weighted by molar-refractivity contribution is 7.10. The zero-order chi connectivity index (χ0) is 23.5. The van der Waals surface area contributed by atoms with Crippen molar-refractivity contribution in [3.05, 3.63) is 110 Å². The molecule has 1 aromatic heterocycles. The maximum Gasteiger partial charge on any atom is 0.277 e. The number of para-hydroxylation sites is 1. The Labute approximate surface area is 199 Å². The zero-order valence-corrected chi connectivity index (χ0v) is 19.2. The summed E-state index contributed by atoms with van der Waals surface area (Å²) in [5, 5.41) is 12.5. The summed E-state index contributed by atoms with van der Waals surface area (Å²) in [6.07, 6.45) is 3.43. The first-order chi connectivity index (χ1) is 16.6. The van der Waals surface area contributed by atoms with Gasteiger partial charge in [0, 0.05) is 10.8 Å². The van der Waals surface area contributed by atoms with Crippen LogP contribution in [0.1, 0.15) is 10.4 Å². The molecule has 0 spiro atoms. The van der Waals surface area contributed by atoms with Gasteiger partial charge in [0.05, 0.1) is 29.6 Å². The Hall–Kier alpha value is -4.23. The SMILES string of the molecule is COc1ccc2c(c1)=C/C(=C/c1sc(=Nc3ccccc3)n(Cc3ccccc3)c1O)C(=O)N=2. The molecule has 4 aromatic rings. The highest BCUT2D eigenvalue weighted by Gasteiger charge is 2.16. The van der Waals surface area contributed by atoms with Crippen LogP contribution in [0.15, 0.2) is 94.4 Å². The number of methoxy groups -OCH3 is 1. The van der Waals surface area contributed by atoms with E-state index < -0.39 is 0 Å². The van der Waals surface area contributed by atoms with E-state index in [1.54, 1.807) is 36.0 Å². The van der Waals surface area contributed by atoms with Crippen LogP contribution in [-0.2, 0) is 11.3 Å². The highest BCUT2D eigenvalue weighted by atomic mass is 32.1. The van der Waals surface area contributed by atoms with E-state index in [0.29, 0.717) is 32.9 Å². The van der Waals surface area contributed by atoms with Crippen molar-refractivity contribution in [3.8, 4) is 11.6 Å². The lowest BCUT2D eigenvalue weighted by molar-refractivity contribution is -0.114. The van der Waals surface area contributed by atoms with Crippen molar-refractivity contribution in [2.24, 2.45) is 9.98 Å². The van der Waals surface area contributed by atoms with Crippen LogP contribution in [0.2, 0.25) is 0 Å². The molecule has 2 heterocycles. The molecule has 0 unspecified atom stereocenters. The Morgan fingerprint density at radius 3 is 2.53 bits per heavy atom. The fourth-order valence-electron chi connectivity index (χ4n) is 3.65. The number of hydrogen-bond acceptors (Lipinski definition) is 5. The van der Waals surface area contributed by atoms with Crippen molar-refractivity contribution in [1.82, 2.24) is 4.57 Å². The average molecular weight is 468 g/mol. The van der Waals surface area contributed by atoms with Crippen LogP contribution in [0.4, 0.5) is 5.69 Å². The zero-order valence-electron chi connectivity index (χ0n) is 18.4. The second-order valence-electron chi connectivity index (χ2n) is 7.68. The molecule has 7 heteroatoms. The Kier molecular flexibility index (Phi) is 5.93. The van der Waals surface area contributed by atoms with Gasteiger partial charge in [-0.3, -0.25) is 9.36 Å². The molecule has 168 valence electrons. The lowest BCUT2D eigenvalue weighted by atomic mass is 10.1. The predicted molar refractivity (Wildman–Crippen MR) is 132 cm³/mol. The standard InChI is InChI=1S/C27H21N3O3S/c1-33-22-12-13-23-19(15-22)14-20(25(31)29-23)16-24-26(32)30(17-18-8-4-2-5-9-18)27(34-24)28-21-10-6-3-7-11-21/h2-16,32H,17H2,1H3/b20-16-,28-27?. The summed E-state index contributed by atoms with van der Waals surface area (Å²) in [5.41, 5.74) is 2.19. The molecule has 6 nitrogen and oxygen atoms in total. The van der Waals surface area contributed by atoms with Crippen LogP contribution in [0.25, 0.3) is 12.2 Å². The number of carbonyl (C=O) groups excluding carboxylic acids is 1. The van der Waals surface area contributed by atoms with Gasteiger partial charge in [-0.2, -0.15) is 0 Å². The summed E-state index contributed by atoms with van der Waals surface area (Å²) in [4.78, 5) is 22.8. The number of hydrogen-bond donors (Lipinski definition) is 1. The fraction of sp³-hybridized carbons (Fsp3) is 0.0741. The summed E-state index contributed by atoms with van der Waals surface area (Å²) in [7, 11) is 1.59. The number of amides is 1. The lowest BCUT2D eigenvalue weighted by Gasteiger charge is -2.06. The summed E-state index contributed by atoms with van der Waals surface area (Å²) >= 11 is 1.32. The fourth-order valence-corrected chi connectivity index (χ4v) is 4.64. The van der Waals surface area contributed by atoms with E-state index in [-0.39, 0.29) is 11.8 Å². The third-order valence-corrected chi connectivity index (χ3v) is 6.39. The van der Waals surface area contributed by atoms with E-state index in [2.05, 4.69) is 4.99 Å². The second kappa shape index (κ2) is 9.33. The van der Waals surface area contributed by atoms with Crippen molar-refractivity contribution in [3.63, 3.8) is 0 Å². The van der Waals surface area contributed by atoms with Crippen molar-refractivity contribution >= 4 is 35.1 Å². The van der Waals surface area contributed by atoms with E-state index in [1.165, 1.54) is 11.3 Å². The molecule has 0 radical (unpaired) electrons. The molecule has 34 heavy (non-hydrogen) atoms. The summed E-state index contributed by atoms with van der Waals surface area (Å²) < 4.78 is 7.04. The molecule has 0 bridgehead atoms. The Balaban J connectivity index is 1.64. The van der Waals surface area contributed by atoms with Crippen molar-refractivity contribution in [2.45, 2.75) is 6.54 Å². The van der Waals surface area contributed by atoms with Crippen molar-refractivity contribution in [1.29, 1.82) is 0 Å². The molecular weight excluding hydrogens is 446 g/mol. The number of carbonyl (C=O) groups is 1. The van der Waals surface area contributed by atoms with Gasteiger partial charge >= 0.3 is 0 Å². The third kappa shape index (κ3) is 4.46. The third-order valence-electron chi connectivity index (χ3n) is 5.37. The Morgan fingerprint density at radius 2 is 1.79 bits per heavy atom. The van der Waals surface area contributed by atoms with Crippen LogP contribution in [-0.4, -0.2) is 22.7 Å². The molecule has 0 aliphatic carbocycles. The first-order valence-electron chi connectivity index (χ1n) is 10.7. The monoisotopic (exact) mass is 467 g/mol. The molecule has 3 aromatic carbocycles. The predicted octanol–water partition coefficient (Wildman–Crippen LogP) is 3.57. The molecular formula is C27H21N3O3S. The van der Waals surface area contributed by atoms with Crippen LogP contribution < -0.4 is 20.1 Å². The van der Waals surface area contributed by atoms with Gasteiger partial charge in [-0.25, -0.2) is 9.98 Å². The molecule has 0 saturated carbocycles. The number of aromatic nitrogens is 1. The minimum absolute atomic E-state index is 0.0497. The number of benzene rings is 3. The van der Waals surface area contributed by atoms with E-state index in [0.717, 1.165) is 16.5 Å². The summed E-state index contributed by atoms with van der Waals surface area (Å²) in [6, 6.07) is 24.8. The van der Waals surface area contributed by atoms with Crippen LogP contribution in [0, 0.1) is 0 Å². The number of ether oxygens (including phenoxy) is 1. The molecule has 0 atom stereocenters. The van der Waals surface area contributed by atoms with Gasteiger partial charge in [0.15, 0.2) is 4.80 Å². The first-order valence-corrected chi connectivity index (χ1v) is 11.5. The van der Waals surface area contributed by atoms with Crippen molar-refractivity contribution < 1.29 is 14.6 Å². The average Bonchev–Trinajstić information content (AvgIpc) is 3.14. The van der Waals surface area contributed by atoms with Crippen LogP contribution >= 0.6 is 11.3 Å². The number of rotatable bonds is 5. The van der Waals surface area contributed by atoms with Gasteiger partial charge in [0.25, 0.3) is 5.91 Å².